The van der Waals surface area contributed by atoms with Crippen LogP contribution in [-0.4, -0.2) is 22.5 Å². The Balaban J connectivity index is 2.12. The first-order valence-corrected chi connectivity index (χ1v) is 9.11. The van der Waals surface area contributed by atoms with Gasteiger partial charge in [0.2, 0.25) is 0 Å². The number of rotatable bonds is 3. The summed E-state index contributed by atoms with van der Waals surface area (Å²) < 4.78 is 33.0. The van der Waals surface area contributed by atoms with Crippen LogP contribution < -0.4 is 0 Å². The van der Waals surface area contributed by atoms with Gasteiger partial charge in [-0.15, -0.1) is 0 Å². The molecule has 0 atom stereocenters. The molecule has 0 aliphatic carbocycles. The van der Waals surface area contributed by atoms with Crippen molar-refractivity contribution in [3.8, 4) is 16.9 Å². The Bertz CT molecular complexity index is 1010. The van der Waals surface area contributed by atoms with E-state index in [1.165, 1.54) is 30.6 Å². The second-order valence-corrected chi connectivity index (χ2v) is 7.45. The van der Waals surface area contributed by atoms with Crippen LogP contribution in [0.15, 0.2) is 53.7 Å². The number of aromatic nitrogens is 2. The summed E-state index contributed by atoms with van der Waals surface area (Å²) in [6.07, 6.45) is 1.50. The van der Waals surface area contributed by atoms with Crippen LogP contribution in [0.25, 0.3) is 16.9 Å². The molecule has 0 radical (unpaired) electrons. The molecule has 0 fully saturated rings. The molecule has 1 heterocycles. The van der Waals surface area contributed by atoms with E-state index in [4.69, 9.17) is 39.4 Å². The van der Waals surface area contributed by atoms with Gasteiger partial charge in [-0.05, 0) is 36.4 Å². The third kappa shape index (κ3) is 3.29. The van der Waals surface area contributed by atoms with Gasteiger partial charge in [0.25, 0.3) is 10.1 Å². The maximum atomic E-state index is 11.1. The third-order valence-electron chi connectivity index (χ3n) is 3.33. The van der Waals surface area contributed by atoms with Crippen LogP contribution in [-0.2, 0) is 10.1 Å². The van der Waals surface area contributed by atoms with Gasteiger partial charge in [-0.3, -0.25) is 9.12 Å². The molecule has 24 heavy (non-hydrogen) atoms. The highest BCUT2D eigenvalue weighted by molar-refractivity contribution is 7.85. The zero-order valence-electron chi connectivity index (χ0n) is 11.8. The lowest BCUT2D eigenvalue weighted by atomic mass is 10.1. The van der Waals surface area contributed by atoms with Crippen molar-refractivity contribution in [1.29, 1.82) is 0 Å². The van der Waals surface area contributed by atoms with E-state index in [0.29, 0.717) is 27.0 Å². The normalized spacial score (nSPS) is 11.7. The van der Waals surface area contributed by atoms with E-state index in [9.17, 15) is 8.42 Å². The topological polar surface area (TPSA) is 72.2 Å². The average molecular weight is 404 g/mol. The van der Waals surface area contributed by atoms with Gasteiger partial charge < -0.3 is 0 Å². The van der Waals surface area contributed by atoms with E-state index >= 15 is 0 Å². The van der Waals surface area contributed by atoms with Crippen LogP contribution in [0.2, 0.25) is 15.2 Å². The molecular formula is C15H9Cl3N2O3S. The van der Waals surface area contributed by atoms with Gasteiger partial charge in [0.05, 0.1) is 20.6 Å². The van der Waals surface area contributed by atoms with Crippen molar-refractivity contribution in [3.63, 3.8) is 0 Å². The number of nitrogens with zero attached hydrogens (tertiary/aromatic N) is 2. The first-order chi connectivity index (χ1) is 11.3. The predicted molar refractivity (Wildman–Crippen MR) is 93.8 cm³/mol. The van der Waals surface area contributed by atoms with E-state index < -0.39 is 10.1 Å². The largest absolute Gasteiger partial charge is 0.297 e. The molecule has 3 rings (SSSR count). The number of hydrogen-bond donors (Lipinski definition) is 1. The van der Waals surface area contributed by atoms with E-state index in [0.717, 1.165) is 0 Å². The Labute approximate surface area is 153 Å². The molecule has 1 N–H and O–H groups in total. The quantitative estimate of drug-likeness (QED) is 0.641. The molecule has 5 nitrogen and oxygen atoms in total. The lowest BCUT2D eigenvalue weighted by Gasteiger charge is -2.10. The van der Waals surface area contributed by atoms with E-state index in [1.54, 1.807) is 22.8 Å². The fourth-order valence-electron chi connectivity index (χ4n) is 2.20. The minimum absolute atomic E-state index is 0.200. The fraction of sp³-hybridized carbons (Fsp3) is 0. The molecule has 0 aliphatic rings. The minimum atomic E-state index is -4.25. The Kier molecular flexibility index (Phi) is 4.59. The molecular weight excluding hydrogens is 395 g/mol. The highest BCUT2D eigenvalue weighted by atomic mass is 35.5. The molecule has 2 aromatic carbocycles. The van der Waals surface area contributed by atoms with Crippen molar-refractivity contribution in [2.24, 2.45) is 0 Å². The highest BCUT2D eigenvalue weighted by Gasteiger charge is 2.15. The predicted octanol–water partition coefficient (Wildman–Crippen LogP) is 4.75. The van der Waals surface area contributed by atoms with Crippen molar-refractivity contribution in [3.05, 3.63) is 64.0 Å². The van der Waals surface area contributed by atoms with Gasteiger partial charge in [0.1, 0.15) is 6.33 Å². The molecule has 0 aliphatic heterocycles. The third-order valence-corrected chi connectivity index (χ3v) is 5.21. The first kappa shape index (κ1) is 17.3. The van der Waals surface area contributed by atoms with Crippen LogP contribution in [0.4, 0.5) is 0 Å². The van der Waals surface area contributed by atoms with Gasteiger partial charge >= 0.3 is 0 Å². The number of hydrogen-bond acceptors (Lipinski definition) is 3. The summed E-state index contributed by atoms with van der Waals surface area (Å²) in [5, 5.41) is 1.05. The smallest absolute Gasteiger partial charge is 0.294 e. The molecule has 0 spiro atoms. The molecule has 1 aromatic heterocycles. The van der Waals surface area contributed by atoms with E-state index in [1.807, 2.05) is 0 Å². The van der Waals surface area contributed by atoms with Crippen molar-refractivity contribution < 1.29 is 13.0 Å². The summed E-state index contributed by atoms with van der Waals surface area (Å²) >= 11 is 18.2. The fourth-order valence-corrected chi connectivity index (χ4v) is 3.22. The zero-order valence-corrected chi connectivity index (χ0v) is 14.9. The zero-order chi connectivity index (χ0) is 17.5. The summed E-state index contributed by atoms with van der Waals surface area (Å²) in [5.41, 5.74) is 1.89. The summed E-state index contributed by atoms with van der Waals surface area (Å²) in [6, 6.07) is 10.7. The van der Waals surface area contributed by atoms with E-state index in [-0.39, 0.29) is 10.0 Å². The van der Waals surface area contributed by atoms with Crippen molar-refractivity contribution in [2.45, 2.75) is 4.90 Å². The molecule has 124 valence electrons. The second-order valence-electron chi connectivity index (χ2n) is 4.85. The van der Waals surface area contributed by atoms with Gasteiger partial charge in [0.15, 0.2) is 5.15 Å². The molecule has 9 heteroatoms. The average Bonchev–Trinajstić information content (AvgIpc) is 2.91. The lowest BCUT2D eigenvalue weighted by Crippen LogP contribution is -2.00. The maximum Gasteiger partial charge on any atom is 0.294 e. The Morgan fingerprint density at radius 3 is 2.21 bits per heavy atom. The molecule has 0 saturated carbocycles. The highest BCUT2D eigenvalue weighted by Crippen LogP contribution is 2.33. The summed E-state index contributed by atoms with van der Waals surface area (Å²) in [6.45, 7) is 0. The first-order valence-electron chi connectivity index (χ1n) is 6.53. The summed E-state index contributed by atoms with van der Waals surface area (Å²) in [4.78, 5) is 3.88. The molecule has 0 amide bonds. The number of halogens is 3. The Morgan fingerprint density at radius 2 is 1.62 bits per heavy atom. The van der Waals surface area contributed by atoms with Gasteiger partial charge in [-0.1, -0.05) is 40.9 Å². The molecule has 0 bridgehead atoms. The SMILES string of the molecule is O=S(=O)(O)c1ccc(-n2cnc(Cl)c2-c2ccc(Cl)c(Cl)c2)cc1. The Hall–Kier alpha value is -1.57. The van der Waals surface area contributed by atoms with Crippen LogP contribution in [0.3, 0.4) is 0 Å². The van der Waals surface area contributed by atoms with E-state index in [2.05, 4.69) is 4.98 Å². The van der Waals surface area contributed by atoms with Gasteiger partial charge in [-0.25, -0.2) is 4.98 Å². The molecule has 3 aromatic rings. The summed E-state index contributed by atoms with van der Waals surface area (Å²) in [5.74, 6) is 0. The van der Waals surface area contributed by atoms with Crippen LogP contribution in [0, 0.1) is 0 Å². The van der Waals surface area contributed by atoms with Crippen molar-refractivity contribution in [1.82, 2.24) is 9.55 Å². The summed E-state index contributed by atoms with van der Waals surface area (Å²) in [7, 11) is -4.25. The van der Waals surface area contributed by atoms with Crippen molar-refractivity contribution >= 4 is 44.9 Å². The minimum Gasteiger partial charge on any atom is -0.297 e. The maximum absolute atomic E-state index is 11.1. The van der Waals surface area contributed by atoms with Crippen LogP contribution >= 0.6 is 34.8 Å². The van der Waals surface area contributed by atoms with Crippen LogP contribution in [0.1, 0.15) is 0 Å². The standard InChI is InChI=1S/C15H9Cl3N2O3S/c16-12-6-1-9(7-13(12)17)14-15(18)19-8-20(14)10-2-4-11(5-3-10)24(21,22)23/h1-8H,(H,21,22,23). The second kappa shape index (κ2) is 6.38. The Morgan fingerprint density at radius 1 is 0.958 bits per heavy atom. The monoisotopic (exact) mass is 402 g/mol. The lowest BCUT2D eigenvalue weighted by molar-refractivity contribution is 0.483. The molecule has 0 unspecified atom stereocenters. The van der Waals surface area contributed by atoms with Crippen molar-refractivity contribution in [2.75, 3.05) is 0 Å². The number of imidazole rings is 1. The number of benzene rings is 2. The van der Waals surface area contributed by atoms with Gasteiger partial charge in [-0.2, -0.15) is 8.42 Å². The molecule has 0 saturated heterocycles. The van der Waals surface area contributed by atoms with Crippen LogP contribution in [0.5, 0.6) is 0 Å². The van der Waals surface area contributed by atoms with Gasteiger partial charge in [0, 0.05) is 11.3 Å².